The third kappa shape index (κ3) is 4.91. The zero-order valence-corrected chi connectivity index (χ0v) is 13.8. The van der Waals surface area contributed by atoms with Gasteiger partial charge in [0.2, 0.25) is 5.91 Å². The molecule has 0 atom stereocenters. The van der Waals surface area contributed by atoms with Gasteiger partial charge in [-0.15, -0.1) is 0 Å². The largest absolute Gasteiger partial charge is 0.494 e. The van der Waals surface area contributed by atoms with Gasteiger partial charge >= 0.3 is 0 Å². The van der Waals surface area contributed by atoms with E-state index in [1.54, 1.807) is 37.3 Å². The number of halogens is 1. The first kappa shape index (κ1) is 17.7. The van der Waals surface area contributed by atoms with Crippen molar-refractivity contribution >= 4 is 17.4 Å². The smallest absolute Gasteiger partial charge is 0.224 e. The van der Waals surface area contributed by atoms with Crippen LogP contribution in [0.2, 0.25) is 0 Å². The molecule has 4 nitrogen and oxygen atoms in total. The highest BCUT2D eigenvalue weighted by atomic mass is 19.1. The van der Waals surface area contributed by atoms with Crippen molar-refractivity contribution in [3.05, 3.63) is 59.4 Å². The van der Waals surface area contributed by atoms with Gasteiger partial charge in [-0.3, -0.25) is 9.59 Å². The first-order valence-electron chi connectivity index (χ1n) is 7.81. The van der Waals surface area contributed by atoms with Crippen LogP contribution in [0.4, 0.5) is 10.1 Å². The van der Waals surface area contributed by atoms with Crippen molar-refractivity contribution in [1.82, 2.24) is 0 Å². The van der Waals surface area contributed by atoms with E-state index in [9.17, 15) is 14.0 Å². The highest BCUT2D eigenvalue weighted by Crippen LogP contribution is 2.17. The standard InChI is InChI=1S/C19H20FNO3/c1-3-24-15-7-5-14(6-8-15)18(22)10-11-19(23)21-17-9-4-13(2)12-16(17)20/h4-9,12H,3,10-11H2,1-2H3,(H,21,23). The van der Waals surface area contributed by atoms with E-state index in [1.165, 1.54) is 12.1 Å². The second-order valence-electron chi connectivity index (χ2n) is 5.41. The average molecular weight is 329 g/mol. The maximum Gasteiger partial charge on any atom is 0.224 e. The van der Waals surface area contributed by atoms with Crippen LogP contribution >= 0.6 is 0 Å². The molecule has 0 aliphatic heterocycles. The van der Waals surface area contributed by atoms with Crippen molar-refractivity contribution in [2.45, 2.75) is 26.7 Å². The average Bonchev–Trinajstić information content (AvgIpc) is 2.56. The summed E-state index contributed by atoms with van der Waals surface area (Å²) in [5.41, 5.74) is 1.42. The van der Waals surface area contributed by atoms with Crippen LogP contribution in [0, 0.1) is 12.7 Å². The summed E-state index contributed by atoms with van der Waals surface area (Å²) in [6.07, 6.45) is 0.0622. The number of aryl methyl sites for hydroxylation is 1. The summed E-state index contributed by atoms with van der Waals surface area (Å²) < 4.78 is 19.0. The van der Waals surface area contributed by atoms with E-state index in [1.807, 2.05) is 6.92 Å². The third-order valence-corrected chi connectivity index (χ3v) is 3.47. The van der Waals surface area contributed by atoms with Crippen LogP contribution in [0.3, 0.4) is 0 Å². The topological polar surface area (TPSA) is 55.4 Å². The van der Waals surface area contributed by atoms with E-state index >= 15 is 0 Å². The Morgan fingerprint density at radius 2 is 1.79 bits per heavy atom. The number of carbonyl (C=O) groups is 2. The number of anilines is 1. The van der Waals surface area contributed by atoms with Gasteiger partial charge in [0.1, 0.15) is 11.6 Å². The van der Waals surface area contributed by atoms with Gasteiger partial charge in [-0.1, -0.05) is 6.07 Å². The summed E-state index contributed by atoms with van der Waals surface area (Å²) in [7, 11) is 0. The molecule has 2 aromatic carbocycles. The first-order valence-corrected chi connectivity index (χ1v) is 7.81. The van der Waals surface area contributed by atoms with Crippen molar-refractivity contribution in [3.63, 3.8) is 0 Å². The van der Waals surface area contributed by atoms with E-state index in [2.05, 4.69) is 5.32 Å². The predicted molar refractivity (Wildman–Crippen MR) is 90.9 cm³/mol. The van der Waals surface area contributed by atoms with E-state index in [-0.39, 0.29) is 24.3 Å². The maximum atomic E-state index is 13.7. The molecular formula is C19H20FNO3. The molecule has 0 spiro atoms. The van der Waals surface area contributed by atoms with Crippen LogP contribution in [0.25, 0.3) is 0 Å². The normalized spacial score (nSPS) is 10.3. The van der Waals surface area contributed by atoms with Crippen molar-refractivity contribution in [1.29, 1.82) is 0 Å². The van der Waals surface area contributed by atoms with Gasteiger partial charge in [-0.05, 0) is 55.8 Å². The fourth-order valence-electron chi connectivity index (χ4n) is 2.21. The number of benzene rings is 2. The predicted octanol–water partition coefficient (Wildman–Crippen LogP) is 4.13. The Bertz CT molecular complexity index is 726. The molecule has 0 heterocycles. The molecule has 0 fully saturated rings. The third-order valence-electron chi connectivity index (χ3n) is 3.47. The molecule has 0 aromatic heterocycles. The van der Waals surface area contributed by atoms with Gasteiger partial charge < -0.3 is 10.1 Å². The number of ketones is 1. The number of nitrogens with one attached hydrogen (secondary N) is 1. The minimum absolute atomic E-state index is 0.000634. The van der Waals surface area contributed by atoms with Gasteiger partial charge in [0, 0.05) is 18.4 Å². The van der Waals surface area contributed by atoms with Gasteiger partial charge in [0.05, 0.1) is 12.3 Å². The second kappa shape index (κ2) is 8.24. The van der Waals surface area contributed by atoms with Crippen molar-refractivity contribution in [2.24, 2.45) is 0 Å². The number of hydrogen-bond donors (Lipinski definition) is 1. The van der Waals surface area contributed by atoms with Crippen LogP contribution in [-0.4, -0.2) is 18.3 Å². The molecule has 0 saturated heterocycles. The monoisotopic (exact) mass is 329 g/mol. The molecule has 1 N–H and O–H groups in total. The van der Waals surface area contributed by atoms with Crippen molar-refractivity contribution in [2.75, 3.05) is 11.9 Å². The molecule has 2 aromatic rings. The summed E-state index contributed by atoms with van der Waals surface area (Å²) in [4.78, 5) is 24.0. The van der Waals surface area contributed by atoms with Gasteiger partial charge in [0.15, 0.2) is 5.78 Å². The molecule has 126 valence electrons. The first-order chi connectivity index (χ1) is 11.5. The zero-order valence-electron chi connectivity index (χ0n) is 13.8. The van der Waals surface area contributed by atoms with Crippen LogP contribution < -0.4 is 10.1 Å². The molecule has 0 radical (unpaired) electrons. The number of carbonyl (C=O) groups excluding carboxylic acids is 2. The molecular weight excluding hydrogens is 309 g/mol. The van der Waals surface area contributed by atoms with E-state index in [0.29, 0.717) is 17.9 Å². The van der Waals surface area contributed by atoms with Gasteiger partial charge in [0.25, 0.3) is 0 Å². The molecule has 5 heteroatoms. The van der Waals surface area contributed by atoms with E-state index < -0.39 is 11.7 Å². The Morgan fingerprint density at radius 1 is 1.08 bits per heavy atom. The highest BCUT2D eigenvalue weighted by Gasteiger charge is 2.11. The van der Waals surface area contributed by atoms with Gasteiger partial charge in [-0.2, -0.15) is 0 Å². The molecule has 24 heavy (non-hydrogen) atoms. The Hall–Kier alpha value is -2.69. The van der Waals surface area contributed by atoms with Crippen LogP contribution in [0.1, 0.15) is 35.7 Å². The second-order valence-corrected chi connectivity index (χ2v) is 5.41. The summed E-state index contributed by atoms with van der Waals surface area (Å²) >= 11 is 0. The lowest BCUT2D eigenvalue weighted by Crippen LogP contribution is -2.14. The molecule has 0 saturated carbocycles. The molecule has 0 aliphatic rings. The number of hydrogen-bond acceptors (Lipinski definition) is 3. The Balaban J connectivity index is 1.87. The summed E-state index contributed by atoms with van der Waals surface area (Å²) in [5.74, 6) is -0.322. The number of ether oxygens (including phenoxy) is 1. The maximum absolute atomic E-state index is 13.7. The Labute approximate surface area is 140 Å². The minimum Gasteiger partial charge on any atom is -0.494 e. The molecule has 1 amide bonds. The lowest BCUT2D eigenvalue weighted by molar-refractivity contribution is -0.116. The summed E-state index contributed by atoms with van der Waals surface area (Å²) in [6, 6.07) is 11.4. The van der Waals surface area contributed by atoms with Crippen LogP contribution in [0.5, 0.6) is 5.75 Å². The zero-order chi connectivity index (χ0) is 17.5. The Morgan fingerprint density at radius 3 is 2.42 bits per heavy atom. The molecule has 0 bridgehead atoms. The number of rotatable bonds is 7. The minimum atomic E-state index is -0.485. The fraction of sp³-hybridized carbons (Fsp3) is 0.263. The van der Waals surface area contributed by atoms with Gasteiger partial charge in [-0.25, -0.2) is 4.39 Å². The SMILES string of the molecule is CCOc1ccc(C(=O)CCC(=O)Nc2ccc(C)cc2F)cc1. The number of Topliss-reactive ketones (excluding diaryl/α,β-unsaturated/α-hetero) is 1. The Kier molecular flexibility index (Phi) is 6.07. The van der Waals surface area contributed by atoms with Crippen molar-refractivity contribution < 1.29 is 18.7 Å². The number of amides is 1. The highest BCUT2D eigenvalue weighted by molar-refractivity contribution is 6.00. The lowest BCUT2D eigenvalue weighted by Gasteiger charge is -2.07. The lowest BCUT2D eigenvalue weighted by atomic mass is 10.1. The summed E-state index contributed by atoms with van der Waals surface area (Å²) in [6.45, 7) is 4.21. The van der Waals surface area contributed by atoms with Crippen molar-refractivity contribution in [3.8, 4) is 5.75 Å². The summed E-state index contributed by atoms with van der Waals surface area (Å²) in [5, 5.41) is 2.48. The molecule has 0 aliphatic carbocycles. The van der Waals surface area contributed by atoms with E-state index in [4.69, 9.17) is 4.74 Å². The van der Waals surface area contributed by atoms with E-state index in [0.717, 1.165) is 5.56 Å². The molecule has 0 unspecified atom stereocenters. The van der Waals surface area contributed by atoms with Crippen LogP contribution in [0.15, 0.2) is 42.5 Å². The fourth-order valence-corrected chi connectivity index (χ4v) is 2.21. The van der Waals surface area contributed by atoms with Crippen LogP contribution in [-0.2, 0) is 4.79 Å². The quantitative estimate of drug-likeness (QED) is 0.777. The molecule has 2 rings (SSSR count).